The van der Waals surface area contributed by atoms with Crippen molar-refractivity contribution in [3.63, 3.8) is 0 Å². The fraction of sp³-hybridized carbons (Fsp3) is 0.588. The number of nitrogens with zero attached hydrogens (tertiary/aromatic N) is 2. The van der Waals surface area contributed by atoms with Gasteiger partial charge in [0.25, 0.3) is 0 Å². The van der Waals surface area contributed by atoms with Crippen LogP contribution in [0.5, 0.6) is 5.88 Å². The molecule has 1 aromatic rings. The van der Waals surface area contributed by atoms with E-state index in [2.05, 4.69) is 4.98 Å². The zero-order valence-corrected chi connectivity index (χ0v) is 14.3. The molecular formula is C17H24N2O5. The van der Waals surface area contributed by atoms with Crippen molar-refractivity contribution in [2.75, 3.05) is 13.2 Å². The number of aromatic carboxylic acids is 1. The number of amides is 1. The number of carboxylic acid groups (broad SMARTS) is 1. The number of rotatable bonds is 4. The molecule has 0 aromatic carbocycles. The van der Waals surface area contributed by atoms with Crippen molar-refractivity contribution in [2.24, 2.45) is 0 Å². The van der Waals surface area contributed by atoms with Crippen LogP contribution in [0, 0.1) is 0 Å². The fourth-order valence-electron chi connectivity index (χ4n) is 2.51. The van der Waals surface area contributed by atoms with Crippen LogP contribution in [0.4, 0.5) is 4.79 Å². The van der Waals surface area contributed by atoms with Gasteiger partial charge in [-0.3, -0.25) is 0 Å². The second kappa shape index (κ2) is 7.51. The van der Waals surface area contributed by atoms with E-state index in [1.807, 2.05) is 20.8 Å². The molecule has 2 rings (SSSR count). The summed E-state index contributed by atoms with van der Waals surface area (Å²) in [5.41, 5.74) is -0.427. The van der Waals surface area contributed by atoms with Crippen LogP contribution in [-0.2, 0) is 4.74 Å². The Labute approximate surface area is 141 Å². The van der Waals surface area contributed by atoms with Gasteiger partial charge in [0, 0.05) is 18.8 Å². The molecule has 1 atom stereocenters. The van der Waals surface area contributed by atoms with Gasteiger partial charge in [0.2, 0.25) is 5.88 Å². The Hall–Kier alpha value is -2.31. The van der Waals surface area contributed by atoms with Crippen LogP contribution >= 0.6 is 0 Å². The Bertz CT molecular complexity index is 580. The lowest BCUT2D eigenvalue weighted by molar-refractivity contribution is 0.00332. The maximum absolute atomic E-state index is 12.3. The van der Waals surface area contributed by atoms with Crippen molar-refractivity contribution in [1.82, 2.24) is 9.88 Å². The molecule has 1 aliphatic rings. The number of hydrogen-bond acceptors (Lipinski definition) is 5. The smallest absolute Gasteiger partial charge is 0.410 e. The first-order chi connectivity index (χ1) is 11.3. The quantitative estimate of drug-likeness (QED) is 0.909. The van der Waals surface area contributed by atoms with Crippen LogP contribution in [0.1, 0.15) is 50.4 Å². The van der Waals surface area contributed by atoms with Gasteiger partial charge in [-0.05, 0) is 46.1 Å². The fourth-order valence-corrected chi connectivity index (χ4v) is 2.51. The lowest BCUT2D eigenvalue weighted by atomic mass is 10.0. The lowest BCUT2D eigenvalue weighted by Gasteiger charge is -2.36. The van der Waals surface area contributed by atoms with Crippen LogP contribution in [0.15, 0.2) is 18.3 Å². The first-order valence-electron chi connectivity index (χ1n) is 8.08. The van der Waals surface area contributed by atoms with Gasteiger partial charge in [0.15, 0.2) is 0 Å². The molecule has 1 N–H and O–H groups in total. The highest BCUT2D eigenvalue weighted by Gasteiger charge is 2.30. The molecule has 0 saturated carbocycles. The topological polar surface area (TPSA) is 89.0 Å². The highest BCUT2D eigenvalue weighted by Crippen LogP contribution is 2.21. The van der Waals surface area contributed by atoms with Gasteiger partial charge in [-0.1, -0.05) is 0 Å². The molecule has 0 spiro atoms. The zero-order chi connectivity index (χ0) is 17.7. The van der Waals surface area contributed by atoms with E-state index in [9.17, 15) is 9.59 Å². The Morgan fingerprint density at radius 3 is 2.67 bits per heavy atom. The Morgan fingerprint density at radius 1 is 1.33 bits per heavy atom. The van der Waals surface area contributed by atoms with Gasteiger partial charge in [0.1, 0.15) is 12.2 Å². The largest absolute Gasteiger partial charge is 0.478 e. The SMILES string of the molecule is CC(C)(C)OC(=O)N1CCCCC1COc1ccc(C(=O)O)cn1. The van der Waals surface area contributed by atoms with Crippen molar-refractivity contribution >= 4 is 12.1 Å². The van der Waals surface area contributed by atoms with Gasteiger partial charge >= 0.3 is 12.1 Å². The first kappa shape index (κ1) is 18.0. The summed E-state index contributed by atoms with van der Waals surface area (Å²) in [7, 11) is 0. The predicted molar refractivity (Wildman–Crippen MR) is 87.3 cm³/mol. The average molecular weight is 336 g/mol. The molecule has 0 bridgehead atoms. The van der Waals surface area contributed by atoms with E-state index in [4.69, 9.17) is 14.6 Å². The third-order valence-corrected chi connectivity index (χ3v) is 3.66. The molecule has 1 fully saturated rings. The molecule has 24 heavy (non-hydrogen) atoms. The number of carbonyl (C=O) groups excluding carboxylic acids is 1. The van der Waals surface area contributed by atoms with E-state index in [1.54, 1.807) is 4.90 Å². The number of aromatic nitrogens is 1. The van der Waals surface area contributed by atoms with E-state index in [0.717, 1.165) is 19.3 Å². The predicted octanol–water partition coefficient (Wildman–Crippen LogP) is 2.95. The Morgan fingerprint density at radius 2 is 2.08 bits per heavy atom. The highest BCUT2D eigenvalue weighted by atomic mass is 16.6. The van der Waals surface area contributed by atoms with Crippen molar-refractivity contribution in [1.29, 1.82) is 0 Å². The van der Waals surface area contributed by atoms with E-state index in [0.29, 0.717) is 19.0 Å². The van der Waals surface area contributed by atoms with Crippen LogP contribution < -0.4 is 4.74 Å². The average Bonchev–Trinajstić information content (AvgIpc) is 2.52. The summed E-state index contributed by atoms with van der Waals surface area (Å²) in [4.78, 5) is 28.8. The summed E-state index contributed by atoms with van der Waals surface area (Å²) >= 11 is 0. The minimum absolute atomic E-state index is 0.0745. The minimum atomic E-state index is -1.03. The molecule has 7 nitrogen and oxygen atoms in total. The summed E-state index contributed by atoms with van der Waals surface area (Å²) in [5.74, 6) is -0.688. The molecule has 1 saturated heterocycles. The summed E-state index contributed by atoms with van der Waals surface area (Å²) in [6, 6.07) is 2.89. The van der Waals surface area contributed by atoms with Gasteiger partial charge in [0.05, 0.1) is 11.6 Å². The first-order valence-corrected chi connectivity index (χ1v) is 8.08. The molecule has 132 valence electrons. The number of hydrogen-bond donors (Lipinski definition) is 1. The number of carbonyl (C=O) groups is 2. The molecule has 0 radical (unpaired) electrons. The normalized spacial score (nSPS) is 18.1. The van der Waals surface area contributed by atoms with Gasteiger partial charge in [-0.2, -0.15) is 0 Å². The second-order valence-electron chi connectivity index (χ2n) is 6.82. The van der Waals surface area contributed by atoms with E-state index in [-0.39, 0.29) is 17.7 Å². The molecule has 2 heterocycles. The van der Waals surface area contributed by atoms with Crippen molar-refractivity contribution in [3.05, 3.63) is 23.9 Å². The monoisotopic (exact) mass is 336 g/mol. The number of piperidine rings is 1. The summed E-state index contributed by atoms with van der Waals surface area (Å²) in [5, 5.41) is 8.86. The molecule has 0 aliphatic carbocycles. The molecule has 1 aliphatic heterocycles. The maximum Gasteiger partial charge on any atom is 0.410 e. The second-order valence-corrected chi connectivity index (χ2v) is 6.82. The van der Waals surface area contributed by atoms with Gasteiger partial charge < -0.3 is 19.5 Å². The van der Waals surface area contributed by atoms with Crippen molar-refractivity contribution < 1.29 is 24.2 Å². The Kier molecular flexibility index (Phi) is 5.64. The van der Waals surface area contributed by atoms with E-state index >= 15 is 0 Å². The lowest BCUT2D eigenvalue weighted by Crippen LogP contribution is -2.48. The minimum Gasteiger partial charge on any atom is -0.478 e. The van der Waals surface area contributed by atoms with E-state index in [1.165, 1.54) is 18.3 Å². The van der Waals surface area contributed by atoms with Crippen LogP contribution in [0.25, 0.3) is 0 Å². The third-order valence-electron chi connectivity index (χ3n) is 3.66. The summed E-state index contributed by atoms with van der Waals surface area (Å²) in [6.07, 6.45) is 3.74. The highest BCUT2D eigenvalue weighted by molar-refractivity contribution is 5.87. The van der Waals surface area contributed by atoms with Crippen LogP contribution in [0.3, 0.4) is 0 Å². The number of ether oxygens (including phenoxy) is 2. The van der Waals surface area contributed by atoms with Gasteiger partial charge in [-0.25, -0.2) is 14.6 Å². The number of likely N-dealkylation sites (tertiary alicyclic amines) is 1. The maximum atomic E-state index is 12.3. The van der Waals surface area contributed by atoms with Crippen LogP contribution in [-0.4, -0.2) is 51.8 Å². The molecular weight excluding hydrogens is 312 g/mol. The summed E-state index contributed by atoms with van der Waals surface area (Å²) in [6.45, 7) is 6.48. The van der Waals surface area contributed by atoms with Crippen molar-refractivity contribution in [2.45, 2.75) is 51.7 Å². The molecule has 7 heteroatoms. The third kappa shape index (κ3) is 5.11. The van der Waals surface area contributed by atoms with Crippen molar-refractivity contribution in [3.8, 4) is 5.88 Å². The molecule has 1 amide bonds. The molecule has 1 unspecified atom stereocenters. The van der Waals surface area contributed by atoms with E-state index < -0.39 is 11.6 Å². The zero-order valence-electron chi connectivity index (χ0n) is 14.3. The van der Waals surface area contributed by atoms with Crippen LogP contribution in [0.2, 0.25) is 0 Å². The molecule has 1 aromatic heterocycles. The van der Waals surface area contributed by atoms with Gasteiger partial charge in [-0.15, -0.1) is 0 Å². The number of pyridine rings is 1. The summed E-state index contributed by atoms with van der Waals surface area (Å²) < 4.78 is 11.1. The standard InChI is InChI=1S/C17H24N2O5/c1-17(2,3)24-16(22)19-9-5-4-6-13(19)11-23-14-8-7-12(10-18-14)15(20)21/h7-8,10,13H,4-6,9,11H2,1-3H3,(H,20,21). The number of carboxylic acids is 1. The Balaban J connectivity index is 1.95.